The van der Waals surface area contributed by atoms with E-state index in [0.29, 0.717) is 31.1 Å². The third-order valence-corrected chi connectivity index (χ3v) is 4.38. The maximum Gasteiger partial charge on any atom is 0.184 e. The second kappa shape index (κ2) is 8.22. The molecule has 0 bridgehead atoms. The first-order valence-electron chi connectivity index (χ1n) is 8.16. The summed E-state index contributed by atoms with van der Waals surface area (Å²) >= 11 is 0. The first-order chi connectivity index (χ1) is 11.4. The van der Waals surface area contributed by atoms with Gasteiger partial charge in [-0.25, -0.2) is 0 Å². The lowest BCUT2D eigenvalue weighted by Crippen LogP contribution is -2.38. The Bertz CT molecular complexity index is 648. The van der Waals surface area contributed by atoms with Crippen molar-refractivity contribution >= 4 is 5.78 Å². The number of carbonyl (C=O) groups excluding carboxylic acids is 1. The maximum atomic E-state index is 12.2. The zero-order chi connectivity index (χ0) is 17.6. The van der Waals surface area contributed by atoms with Crippen molar-refractivity contribution in [2.45, 2.75) is 45.4 Å². The molecule has 24 heavy (non-hydrogen) atoms. The number of ether oxygens (including phenoxy) is 1. The molecule has 0 saturated heterocycles. The molecule has 0 aliphatic rings. The van der Waals surface area contributed by atoms with Gasteiger partial charge in [0, 0.05) is 18.0 Å². The molecule has 5 heteroatoms. The van der Waals surface area contributed by atoms with Crippen LogP contribution in [0.5, 0.6) is 0 Å². The van der Waals surface area contributed by atoms with Gasteiger partial charge in [0.15, 0.2) is 11.5 Å². The van der Waals surface area contributed by atoms with Crippen molar-refractivity contribution in [2.24, 2.45) is 0 Å². The first-order valence-corrected chi connectivity index (χ1v) is 8.16. The average Bonchev–Trinajstić information content (AvgIpc) is 3.02. The van der Waals surface area contributed by atoms with Gasteiger partial charge in [0.05, 0.1) is 6.61 Å². The number of hydrogen-bond donors (Lipinski definition) is 0. The van der Waals surface area contributed by atoms with E-state index < -0.39 is 0 Å². The number of Topliss-reactive ketones (excluding diaryl/α,β-unsaturated/α-hetero) is 1. The number of hydrogen-bond acceptors (Lipinski definition) is 5. The molecule has 0 radical (unpaired) electrons. The molecule has 5 nitrogen and oxygen atoms in total. The van der Waals surface area contributed by atoms with Crippen molar-refractivity contribution in [3.05, 3.63) is 53.4 Å². The van der Waals surface area contributed by atoms with Gasteiger partial charge in [0.25, 0.3) is 0 Å². The number of carbonyl (C=O) groups is 1. The van der Waals surface area contributed by atoms with Gasteiger partial charge in [0.2, 0.25) is 0 Å². The zero-order valence-electron chi connectivity index (χ0n) is 14.9. The summed E-state index contributed by atoms with van der Waals surface area (Å²) in [4.78, 5) is 14.4. The van der Waals surface area contributed by atoms with E-state index in [0.717, 1.165) is 12.0 Å². The number of rotatable bonds is 9. The normalized spacial score (nSPS) is 11.9. The van der Waals surface area contributed by atoms with Crippen LogP contribution in [0.25, 0.3) is 0 Å². The predicted molar refractivity (Wildman–Crippen MR) is 92.8 cm³/mol. The van der Waals surface area contributed by atoms with E-state index in [-0.39, 0.29) is 11.3 Å². The second-order valence-electron chi connectivity index (χ2n) is 6.79. The molecule has 0 fully saturated rings. The summed E-state index contributed by atoms with van der Waals surface area (Å²) in [5.41, 5.74) is 1.45. The minimum Gasteiger partial charge on any atom is -0.369 e. The molecule has 130 valence electrons. The van der Waals surface area contributed by atoms with Crippen LogP contribution >= 0.6 is 0 Å². The molecule has 0 unspecified atom stereocenters. The van der Waals surface area contributed by atoms with Crippen molar-refractivity contribution in [1.29, 1.82) is 0 Å². The van der Waals surface area contributed by atoms with E-state index in [1.54, 1.807) is 6.07 Å². The summed E-state index contributed by atoms with van der Waals surface area (Å²) in [7, 11) is 4.03. The third kappa shape index (κ3) is 5.28. The Morgan fingerprint density at radius 1 is 1.21 bits per heavy atom. The summed E-state index contributed by atoms with van der Waals surface area (Å²) in [6, 6.07) is 11.6. The molecular formula is C19H26N2O3. The lowest BCUT2D eigenvalue weighted by molar-refractivity contribution is 0.0877. The smallest absolute Gasteiger partial charge is 0.184 e. The maximum absolute atomic E-state index is 12.2. The molecule has 0 aliphatic carbocycles. The Balaban J connectivity index is 1.80. The van der Waals surface area contributed by atoms with Crippen LogP contribution in [0.3, 0.4) is 0 Å². The van der Waals surface area contributed by atoms with Crippen LogP contribution in [0.2, 0.25) is 0 Å². The fraction of sp³-hybridized carbons (Fsp3) is 0.474. The van der Waals surface area contributed by atoms with Crippen LogP contribution in [0.15, 0.2) is 40.9 Å². The Kier molecular flexibility index (Phi) is 6.29. The molecule has 2 rings (SSSR count). The SMILES string of the molecule is CN(C)C(C)(C)CCC(=O)c1cc(COCc2ccccc2)on1. The van der Waals surface area contributed by atoms with Gasteiger partial charge in [-0.2, -0.15) is 0 Å². The molecule has 0 spiro atoms. The van der Waals surface area contributed by atoms with Crippen LogP contribution in [-0.4, -0.2) is 35.5 Å². The molecule has 0 atom stereocenters. The van der Waals surface area contributed by atoms with E-state index in [2.05, 4.69) is 23.9 Å². The van der Waals surface area contributed by atoms with Gasteiger partial charge in [-0.15, -0.1) is 0 Å². The summed E-state index contributed by atoms with van der Waals surface area (Å²) in [5.74, 6) is 0.573. The highest BCUT2D eigenvalue weighted by Crippen LogP contribution is 2.19. The summed E-state index contributed by atoms with van der Waals surface area (Å²) in [6.45, 7) is 5.04. The van der Waals surface area contributed by atoms with Crippen LogP contribution in [0.4, 0.5) is 0 Å². The van der Waals surface area contributed by atoms with Crippen LogP contribution < -0.4 is 0 Å². The highest BCUT2D eigenvalue weighted by Gasteiger charge is 2.23. The van der Waals surface area contributed by atoms with Gasteiger partial charge in [-0.1, -0.05) is 35.5 Å². The number of benzene rings is 1. The number of ketones is 1. The molecule has 1 aromatic heterocycles. The van der Waals surface area contributed by atoms with Crippen LogP contribution in [0, 0.1) is 0 Å². The monoisotopic (exact) mass is 330 g/mol. The van der Waals surface area contributed by atoms with Gasteiger partial charge < -0.3 is 14.2 Å². The largest absolute Gasteiger partial charge is 0.369 e. The topological polar surface area (TPSA) is 55.6 Å². The second-order valence-corrected chi connectivity index (χ2v) is 6.79. The van der Waals surface area contributed by atoms with E-state index in [4.69, 9.17) is 9.26 Å². The lowest BCUT2D eigenvalue weighted by Gasteiger charge is -2.32. The van der Waals surface area contributed by atoms with Crippen LogP contribution in [0.1, 0.15) is 48.5 Å². The van der Waals surface area contributed by atoms with Crippen molar-refractivity contribution in [2.75, 3.05) is 14.1 Å². The fourth-order valence-corrected chi connectivity index (χ4v) is 2.13. The van der Waals surface area contributed by atoms with E-state index in [9.17, 15) is 4.79 Å². The minimum atomic E-state index is -0.0268. The summed E-state index contributed by atoms with van der Waals surface area (Å²) in [6.07, 6.45) is 1.22. The van der Waals surface area contributed by atoms with Gasteiger partial charge in [0.1, 0.15) is 12.3 Å². The molecule has 2 aromatic rings. The van der Waals surface area contributed by atoms with Crippen molar-refractivity contribution in [1.82, 2.24) is 10.1 Å². The fourth-order valence-electron chi connectivity index (χ4n) is 2.13. The minimum absolute atomic E-state index is 0.00276. The highest BCUT2D eigenvalue weighted by atomic mass is 16.5. The summed E-state index contributed by atoms with van der Waals surface area (Å²) in [5, 5.41) is 3.87. The Hall–Kier alpha value is -1.98. The molecule has 0 amide bonds. The van der Waals surface area contributed by atoms with E-state index in [1.807, 2.05) is 44.4 Å². The standard InChI is InChI=1S/C19H26N2O3/c1-19(2,21(3)4)11-10-18(22)17-12-16(24-20-17)14-23-13-15-8-6-5-7-9-15/h5-9,12H,10-11,13-14H2,1-4H3. The van der Waals surface area contributed by atoms with Gasteiger partial charge in [-0.05, 0) is 39.9 Å². The van der Waals surface area contributed by atoms with Crippen molar-refractivity contribution in [3.8, 4) is 0 Å². The molecule has 1 aromatic carbocycles. The molecular weight excluding hydrogens is 304 g/mol. The van der Waals surface area contributed by atoms with Gasteiger partial charge in [-0.3, -0.25) is 4.79 Å². The zero-order valence-corrected chi connectivity index (χ0v) is 14.9. The third-order valence-electron chi connectivity index (χ3n) is 4.38. The average molecular weight is 330 g/mol. The summed E-state index contributed by atoms with van der Waals surface area (Å²) < 4.78 is 10.8. The molecule has 0 aliphatic heterocycles. The van der Waals surface area contributed by atoms with Gasteiger partial charge >= 0.3 is 0 Å². The quantitative estimate of drug-likeness (QED) is 0.656. The highest BCUT2D eigenvalue weighted by molar-refractivity contribution is 5.94. The Morgan fingerprint density at radius 2 is 1.92 bits per heavy atom. The Labute approximate surface area is 143 Å². The Morgan fingerprint density at radius 3 is 2.58 bits per heavy atom. The number of aromatic nitrogens is 1. The van der Waals surface area contributed by atoms with Crippen LogP contribution in [-0.2, 0) is 18.0 Å². The molecule has 0 saturated carbocycles. The van der Waals surface area contributed by atoms with E-state index in [1.165, 1.54) is 0 Å². The lowest BCUT2D eigenvalue weighted by atomic mass is 9.95. The molecule has 0 N–H and O–H groups in total. The number of nitrogens with zero attached hydrogens (tertiary/aromatic N) is 2. The van der Waals surface area contributed by atoms with Crippen molar-refractivity contribution in [3.63, 3.8) is 0 Å². The predicted octanol–water partition coefficient (Wildman–Crippen LogP) is 3.69. The molecule has 1 heterocycles. The van der Waals surface area contributed by atoms with E-state index >= 15 is 0 Å². The first kappa shape index (κ1) is 18.4. The van der Waals surface area contributed by atoms with Crippen molar-refractivity contribution < 1.29 is 14.1 Å².